The number of hydrogen-bond acceptors (Lipinski definition) is 2. The third-order valence-corrected chi connectivity index (χ3v) is 3.36. The van der Waals surface area contributed by atoms with Crippen LogP contribution < -0.4 is 10.1 Å². The van der Waals surface area contributed by atoms with Crippen LogP contribution in [0.3, 0.4) is 0 Å². The van der Waals surface area contributed by atoms with Crippen LogP contribution in [0, 0.1) is 0 Å². The molecule has 1 N–H and O–H groups in total. The Balaban J connectivity index is 0.00000242. The van der Waals surface area contributed by atoms with Gasteiger partial charge in [0.1, 0.15) is 5.75 Å². The molecule has 22 heavy (non-hydrogen) atoms. The van der Waals surface area contributed by atoms with E-state index in [1.165, 1.54) is 11.1 Å². The summed E-state index contributed by atoms with van der Waals surface area (Å²) in [4.78, 5) is 0. The number of hydrogen-bond donors (Lipinski definition) is 1. The van der Waals surface area contributed by atoms with E-state index in [-0.39, 0.29) is 12.4 Å². The Morgan fingerprint density at radius 3 is 2.50 bits per heavy atom. The molecule has 0 amide bonds. The number of rotatable bonds is 8. The fourth-order valence-electron chi connectivity index (χ4n) is 2.26. The van der Waals surface area contributed by atoms with Crippen LogP contribution in [0.1, 0.15) is 17.5 Å². The van der Waals surface area contributed by atoms with Gasteiger partial charge in [-0.15, -0.1) is 12.4 Å². The molecule has 2 rings (SSSR count). The number of para-hydroxylation sites is 1. The van der Waals surface area contributed by atoms with Gasteiger partial charge in [0.15, 0.2) is 0 Å². The van der Waals surface area contributed by atoms with Crippen molar-refractivity contribution in [1.82, 2.24) is 5.32 Å². The lowest BCUT2D eigenvalue weighted by Crippen LogP contribution is -2.15. The van der Waals surface area contributed by atoms with E-state index in [1.54, 1.807) is 7.11 Å². The van der Waals surface area contributed by atoms with Crippen molar-refractivity contribution < 1.29 is 4.74 Å². The van der Waals surface area contributed by atoms with Crippen LogP contribution >= 0.6 is 12.4 Å². The molecule has 118 valence electrons. The van der Waals surface area contributed by atoms with Gasteiger partial charge in [-0.1, -0.05) is 60.7 Å². The molecule has 0 aliphatic heterocycles. The minimum absolute atomic E-state index is 0. The largest absolute Gasteiger partial charge is 0.496 e. The lowest BCUT2D eigenvalue weighted by atomic mass is 10.1. The van der Waals surface area contributed by atoms with Crippen LogP contribution in [0.25, 0.3) is 6.08 Å². The van der Waals surface area contributed by atoms with Crippen LogP contribution in [-0.4, -0.2) is 20.2 Å². The zero-order valence-electron chi connectivity index (χ0n) is 13.0. The lowest BCUT2D eigenvalue weighted by Gasteiger charge is -2.07. The summed E-state index contributed by atoms with van der Waals surface area (Å²) in [5.41, 5.74) is 2.52. The zero-order chi connectivity index (χ0) is 14.8. The second-order valence-corrected chi connectivity index (χ2v) is 4.93. The molecule has 0 atom stereocenters. The first-order valence-corrected chi connectivity index (χ1v) is 7.44. The predicted octanol–water partition coefficient (Wildman–Crippen LogP) is 4.35. The Morgan fingerprint density at radius 1 is 1.00 bits per heavy atom. The van der Waals surface area contributed by atoms with E-state index in [2.05, 4.69) is 53.9 Å². The molecule has 0 unspecified atom stereocenters. The Bertz CT molecular complexity index is 554. The third kappa shape index (κ3) is 6.33. The Morgan fingerprint density at radius 2 is 1.73 bits per heavy atom. The molecule has 0 aromatic heterocycles. The summed E-state index contributed by atoms with van der Waals surface area (Å²) in [5.74, 6) is 0.987. The smallest absolute Gasteiger partial charge is 0.122 e. The number of methoxy groups -OCH3 is 1. The van der Waals surface area contributed by atoms with Crippen LogP contribution in [0.15, 0.2) is 60.7 Å². The summed E-state index contributed by atoms with van der Waals surface area (Å²) in [6.07, 6.45) is 6.46. The average Bonchev–Trinajstić information content (AvgIpc) is 2.55. The highest BCUT2D eigenvalue weighted by atomic mass is 35.5. The molecule has 2 aromatic carbocycles. The molecular formula is C19H24ClNO. The average molecular weight is 318 g/mol. The van der Waals surface area contributed by atoms with E-state index < -0.39 is 0 Å². The monoisotopic (exact) mass is 317 g/mol. The summed E-state index contributed by atoms with van der Waals surface area (Å²) >= 11 is 0. The Kier molecular flexibility index (Phi) is 9.04. The van der Waals surface area contributed by atoms with Gasteiger partial charge in [0.2, 0.25) is 0 Å². The molecule has 0 fully saturated rings. The van der Waals surface area contributed by atoms with Gasteiger partial charge in [-0.25, -0.2) is 0 Å². The lowest BCUT2D eigenvalue weighted by molar-refractivity contribution is 0.409. The third-order valence-electron chi connectivity index (χ3n) is 3.36. The van der Waals surface area contributed by atoms with Gasteiger partial charge < -0.3 is 10.1 Å². The van der Waals surface area contributed by atoms with Crippen molar-refractivity contribution in [2.24, 2.45) is 0 Å². The van der Waals surface area contributed by atoms with E-state index in [1.807, 2.05) is 18.2 Å². The molecule has 0 aliphatic carbocycles. The summed E-state index contributed by atoms with van der Waals surface area (Å²) in [6.45, 7) is 1.91. The van der Waals surface area contributed by atoms with Gasteiger partial charge in [-0.05, 0) is 36.6 Å². The van der Waals surface area contributed by atoms with Crippen molar-refractivity contribution in [3.63, 3.8) is 0 Å². The summed E-state index contributed by atoms with van der Waals surface area (Å²) in [5, 5.41) is 3.44. The van der Waals surface area contributed by atoms with Crippen molar-refractivity contribution in [2.75, 3.05) is 20.2 Å². The molecule has 0 spiro atoms. The maximum Gasteiger partial charge on any atom is 0.122 e. The normalized spacial score (nSPS) is 10.4. The topological polar surface area (TPSA) is 21.3 Å². The molecular weight excluding hydrogens is 294 g/mol. The van der Waals surface area contributed by atoms with Gasteiger partial charge in [-0.2, -0.15) is 0 Å². The Labute approximate surface area is 139 Å². The van der Waals surface area contributed by atoms with E-state index in [0.29, 0.717) is 0 Å². The summed E-state index contributed by atoms with van der Waals surface area (Å²) < 4.78 is 5.36. The fourth-order valence-corrected chi connectivity index (χ4v) is 2.26. The highest BCUT2D eigenvalue weighted by molar-refractivity contribution is 5.85. The fraction of sp³-hybridized carbons (Fsp3) is 0.263. The van der Waals surface area contributed by atoms with Gasteiger partial charge in [-0.3, -0.25) is 0 Å². The van der Waals surface area contributed by atoms with Crippen molar-refractivity contribution in [3.05, 3.63) is 71.8 Å². The standard InChI is InChI=1S/C19H23NO.ClH/c1-21-19-14-6-5-12-18(19)13-8-16-20-15-7-11-17-9-3-2-4-10-17;/h2-7,9-12,14,20H,8,13,15-16H2,1H3;1H. The second kappa shape index (κ2) is 10.9. The van der Waals surface area contributed by atoms with Gasteiger partial charge in [0, 0.05) is 6.54 Å². The SMILES string of the molecule is COc1ccccc1CCCNCC=Cc1ccccc1.Cl. The molecule has 0 aliphatic rings. The molecule has 2 aromatic rings. The summed E-state index contributed by atoms with van der Waals surface area (Å²) in [7, 11) is 1.73. The van der Waals surface area contributed by atoms with Crippen LogP contribution in [0.5, 0.6) is 5.75 Å². The van der Waals surface area contributed by atoms with Crippen LogP contribution in [-0.2, 0) is 6.42 Å². The molecule has 0 radical (unpaired) electrons. The first-order valence-electron chi connectivity index (χ1n) is 7.44. The molecule has 0 saturated carbocycles. The zero-order valence-corrected chi connectivity index (χ0v) is 13.8. The number of benzene rings is 2. The highest BCUT2D eigenvalue weighted by Gasteiger charge is 2.00. The van der Waals surface area contributed by atoms with E-state index in [0.717, 1.165) is 31.7 Å². The molecule has 0 saturated heterocycles. The predicted molar refractivity (Wildman–Crippen MR) is 96.9 cm³/mol. The van der Waals surface area contributed by atoms with Gasteiger partial charge >= 0.3 is 0 Å². The molecule has 0 bridgehead atoms. The van der Waals surface area contributed by atoms with E-state index >= 15 is 0 Å². The van der Waals surface area contributed by atoms with E-state index in [4.69, 9.17) is 4.74 Å². The molecule has 3 heteroatoms. The van der Waals surface area contributed by atoms with Gasteiger partial charge in [0.05, 0.1) is 7.11 Å². The molecule has 0 heterocycles. The van der Waals surface area contributed by atoms with E-state index in [9.17, 15) is 0 Å². The number of aryl methyl sites for hydroxylation is 1. The quantitative estimate of drug-likeness (QED) is 0.731. The maximum absolute atomic E-state index is 5.36. The Hall–Kier alpha value is -1.77. The molecule has 2 nitrogen and oxygen atoms in total. The van der Waals surface area contributed by atoms with Crippen molar-refractivity contribution >= 4 is 18.5 Å². The van der Waals surface area contributed by atoms with Crippen LogP contribution in [0.4, 0.5) is 0 Å². The maximum atomic E-state index is 5.36. The number of ether oxygens (including phenoxy) is 1. The summed E-state index contributed by atoms with van der Waals surface area (Å²) in [6, 6.07) is 18.6. The van der Waals surface area contributed by atoms with Crippen molar-refractivity contribution in [2.45, 2.75) is 12.8 Å². The number of nitrogens with one attached hydrogen (secondary N) is 1. The highest BCUT2D eigenvalue weighted by Crippen LogP contribution is 2.18. The van der Waals surface area contributed by atoms with Crippen LogP contribution in [0.2, 0.25) is 0 Å². The van der Waals surface area contributed by atoms with Gasteiger partial charge in [0.25, 0.3) is 0 Å². The second-order valence-electron chi connectivity index (χ2n) is 4.93. The van der Waals surface area contributed by atoms with Crippen molar-refractivity contribution in [3.8, 4) is 5.75 Å². The minimum atomic E-state index is 0. The minimum Gasteiger partial charge on any atom is -0.496 e. The first-order chi connectivity index (χ1) is 10.4. The first kappa shape index (κ1) is 18.3. The van der Waals surface area contributed by atoms with Crippen molar-refractivity contribution in [1.29, 1.82) is 0 Å². The number of halogens is 1.